The molecule has 5 heteroatoms. The third-order valence-corrected chi connectivity index (χ3v) is 4.87. The van der Waals surface area contributed by atoms with E-state index in [0.29, 0.717) is 11.6 Å². The van der Waals surface area contributed by atoms with Crippen LogP contribution in [0, 0.1) is 6.92 Å². The van der Waals surface area contributed by atoms with Crippen molar-refractivity contribution < 1.29 is 9.53 Å². The van der Waals surface area contributed by atoms with E-state index in [1.165, 1.54) is 25.9 Å². The molecule has 2 fully saturated rings. The SMILES string of the molecule is Cc1cncc(C(=O)N(CCN2CCCC2)C2CCOCC2)c1. The van der Waals surface area contributed by atoms with E-state index >= 15 is 0 Å². The highest BCUT2D eigenvalue weighted by Gasteiger charge is 2.27. The van der Waals surface area contributed by atoms with Crippen LogP contribution in [0.25, 0.3) is 0 Å². The summed E-state index contributed by atoms with van der Waals surface area (Å²) in [6, 6.07) is 2.23. The fourth-order valence-corrected chi connectivity index (χ4v) is 3.54. The van der Waals surface area contributed by atoms with E-state index in [0.717, 1.165) is 44.7 Å². The van der Waals surface area contributed by atoms with Crippen LogP contribution in [0.1, 0.15) is 41.6 Å². The fourth-order valence-electron chi connectivity index (χ4n) is 3.54. The van der Waals surface area contributed by atoms with Gasteiger partial charge < -0.3 is 14.5 Å². The van der Waals surface area contributed by atoms with Crippen LogP contribution in [0.4, 0.5) is 0 Å². The Bertz CT molecular complexity index is 523. The molecule has 0 aromatic carbocycles. The molecule has 0 unspecified atom stereocenters. The van der Waals surface area contributed by atoms with Crippen molar-refractivity contribution in [3.05, 3.63) is 29.6 Å². The van der Waals surface area contributed by atoms with Crippen LogP contribution in [-0.4, -0.2) is 66.1 Å². The predicted molar refractivity (Wildman–Crippen MR) is 89.5 cm³/mol. The summed E-state index contributed by atoms with van der Waals surface area (Å²) in [5, 5.41) is 0. The first-order valence-electron chi connectivity index (χ1n) is 8.77. The van der Waals surface area contributed by atoms with E-state index < -0.39 is 0 Å². The molecule has 2 saturated heterocycles. The molecule has 126 valence electrons. The zero-order chi connectivity index (χ0) is 16.1. The first kappa shape index (κ1) is 16.4. The lowest BCUT2D eigenvalue weighted by Crippen LogP contribution is -2.46. The minimum atomic E-state index is 0.118. The van der Waals surface area contributed by atoms with E-state index in [1.807, 2.05) is 13.0 Å². The van der Waals surface area contributed by atoms with Gasteiger partial charge in [-0.05, 0) is 57.3 Å². The van der Waals surface area contributed by atoms with Crippen LogP contribution in [-0.2, 0) is 4.74 Å². The first-order valence-corrected chi connectivity index (χ1v) is 8.77. The molecule has 1 aromatic heterocycles. The molecular weight excluding hydrogens is 290 g/mol. The zero-order valence-electron chi connectivity index (χ0n) is 14.0. The molecular formula is C18H27N3O2. The van der Waals surface area contributed by atoms with Crippen molar-refractivity contribution in [1.29, 1.82) is 0 Å². The molecule has 0 saturated carbocycles. The summed E-state index contributed by atoms with van der Waals surface area (Å²) in [6.45, 7) is 7.60. The van der Waals surface area contributed by atoms with Crippen LogP contribution >= 0.6 is 0 Å². The van der Waals surface area contributed by atoms with Gasteiger partial charge in [-0.1, -0.05) is 0 Å². The second kappa shape index (κ2) is 7.88. The summed E-state index contributed by atoms with van der Waals surface area (Å²) in [7, 11) is 0. The van der Waals surface area contributed by atoms with Gasteiger partial charge in [0.15, 0.2) is 0 Å². The van der Waals surface area contributed by atoms with Crippen molar-refractivity contribution in [2.75, 3.05) is 39.4 Å². The Kier molecular flexibility index (Phi) is 5.62. The second-order valence-electron chi connectivity index (χ2n) is 6.64. The largest absolute Gasteiger partial charge is 0.381 e. The number of aryl methyl sites for hydroxylation is 1. The van der Waals surface area contributed by atoms with Gasteiger partial charge in [0.25, 0.3) is 5.91 Å². The van der Waals surface area contributed by atoms with Gasteiger partial charge in [0, 0.05) is 44.7 Å². The van der Waals surface area contributed by atoms with Gasteiger partial charge in [-0.2, -0.15) is 0 Å². The minimum Gasteiger partial charge on any atom is -0.381 e. The standard InChI is InChI=1S/C18H27N3O2/c1-15-12-16(14-19-13-15)18(22)21(17-4-10-23-11-5-17)9-8-20-6-2-3-7-20/h12-14,17H,2-11H2,1H3. The molecule has 0 radical (unpaired) electrons. The molecule has 0 atom stereocenters. The highest BCUT2D eigenvalue weighted by molar-refractivity contribution is 5.94. The first-order chi connectivity index (χ1) is 11.2. The van der Waals surface area contributed by atoms with Gasteiger partial charge in [0.2, 0.25) is 0 Å². The quantitative estimate of drug-likeness (QED) is 0.834. The summed E-state index contributed by atoms with van der Waals surface area (Å²) in [4.78, 5) is 21.7. The Morgan fingerprint density at radius 1 is 1.30 bits per heavy atom. The third-order valence-electron chi connectivity index (χ3n) is 4.87. The number of carbonyl (C=O) groups excluding carboxylic acids is 1. The molecule has 2 aliphatic rings. The number of pyridine rings is 1. The van der Waals surface area contributed by atoms with E-state index in [4.69, 9.17) is 4.74 Å². The summed E-state index contributed by atoms with van der Waals surface area (Å²) in [6.07, 6.45) is 7.92. The lowest BCUT2D eigenvalue weighted by Gasteiger charge is -2.35. The zero-order valence-corrected chi connectivity index (χ0v) is 14.0. The van der Waals surface area contributed by atoms with Gasteiger partial charge in [-0.15, -0.1) is 0 Å². The lowest BCUT2D eigenvalue weighted by atomic mass is 10.1. The summed E-state index contributed by atoms with van der Waals surface area (Å²) in [5.41, 5.74) is 1.74. The molecule has 23 heavy (non-hydrogen) atoms. The molecule has 5 nitrogen and oxygen atoms in total. The Hall–Kier alpha value is -1.46. The van der Waals surface area contributed by atoms with Gasteiger partial charge in [0.1, 0.15) is 0 Å². The highest BCUT2D eigenvalue weighted by atomic mass is 16.5. The van der Waals surface area contributed by atoms with Crippen molar-refractivity contribution >= 4 is 5.91 Å². The average molecular weight is 317 g/mol. The van der Waals surface area contributed by atoms with Gasteiger partial charge in [-0.25, -0.2) is 0 Å². The van der Waals surface area contributed by atoms with Gasteiger partial charge >= 0.3 is 0 Å². The number of ether oxygens (including phenoxy) is 1. The summed E-state index contributed by atoms with van der Waals surface area (Å²) < 4.78 is 5.47. The number of amides is 1. The smallest absolute Gasteiger partial charge is 0.255 e. The predicted octanol–water partition coefficient (Wildman–Crippen LogP) is 2.11. The number of likely N-dealkylation sites (tertiary alicyclic amines) is 1. The topological polar surface area (TPSA) is 45.7 Å². The average Bonchev–Trinajstić information content (AvgIpc) is 3.09. The van der Waals surface area contributed by atoms with Crippen molar-refractivity contribution in [3.63, 3.8) is 0 Å². The lowest BCUT2D eigenvalue weighted by molar-refractivity contribution is 0.0270. The molecule has 1 aromatic rings. The minimum absolute atomic E-state index is 0.118. The van der Waals surface area contributed by atoms with E-state index in [1.54, 1.807) is 12.4 Å². The molecule has 0 spiro atoms. The number of carbonyl (C=O) groups is 1. The van der Waals surface area contributed by atoms with E-state index in [9.17, 15) is 4.79 Å². The molecule has 2 aliphatic heterocycles. The fraction of sp³-hybridized carbons (Fsp3) is 0.667. The van der Waals surface area contributed by atoms with Crippen LogP contribution in [0.2, 0.25) is 0 Å². The van der Waals surface area contributed by atoms with Gasteiger partial charge in [0.05, 0.1) is 5.56 Å². The maximum Gasteiger partial charge on any atom is 0.255 e. The second-order valence-corrected chi connectivity index (χ2v) is 6.64. The Labute approximate surface area is 138 Å². The van der Waals surface area contributed by atoms with Crippen molar-refractivity contribution in [2.24, 2.45) is 0 Å². The Balaban J connectivity index is 1.71. The molecule has 0 N–H and O–H groups in total. The van der Waals surface area contributed by atoms with Crippen LogP contribution in [0.5, 0.6) is 0 Å². The highest BCUT2D eigenvalue weighted by Crippen LogP contribution is 2.18. The number of nitrogens with zero attached hydrogens (tertiary/aromatic N) is 3. The third kappa shape index (κ3) is 4.30. The maximum absolute atomic E-state index is 13.0. The van der Waals surface area contributed by atoms with E-state index in [-0.39, 0.29) is 5.91 Å². The van der Waals surface area contributed by atoms with Crippen molar-refractivity contribution in [1.82, 2.24) is 14.8 Å². The number of hydrogen-bond donors (Lipinski definition) is 0. The normalized spacial score (nSPS) is 19.9. The summed E-state index contributed by atoms with van der Waals surface area (Å²) in [5.74, 6) is 0.118. The Morgan fingerprint density at radius 3 is 2.74 bits per heavy atom. The van der Waals surface area contributed by atoms with Crippen LogP contribution in [0.3, 0.4) is 0 Å². The molecule has 3 heterocycles. The maximum atomic E-state index is 13.0. The number of hydrogen-bond acceptors (Lipinski definition) is 4. The molecule has 0 bridgehead atoms. The van der Waals surface area contributed by atoms with Crippen LogP contribution < -0.4 is 0 Å². The van der Waals surface area contributed by atoms with Crippen molar-refractivity contribution in [2.45, 2.75) is 38.6 Å². The van der Waals surface area contributed by atoms with E-state index in [2.05, 4.69) is 14.8 Å². The summed E-state index contributed by atoms with van der Waals surface area (Å²) >= 11 is 0. The van der Waals surface area contributed by atoms with Crippen LogP contribution in [0.15, 0.2) is 18.5 Å². The number of rotatable bonds is 5. The van der Waals surface area contributed by atoms with Gasteiger partial charge in [-0.3, -0.25) is 9.78 Å². The number of aromatic nitrogens is 1. The molecule has 0 aliphatic carbocycles. The monoisotopic (exact) mass is 317 g/mol. The Morgan fingerprint density at radius 2 is 2.04 bits per heavy atom. The molecule has 3 rings (SSSR count). The van der Waals surface area contributed by atoms with Crippen molar-refractivity contribution in [3.8, 4) is 0 Å². The molecule has 1 amide bonds.